The van der Waals surface area contributed by atoms with Crippen molar-refractivity contribution in [2.45, 2.75) is 113 Å². The molecule has 5 aliphatic carbocycles. The number of carbonyl (C=O) groups is 3. The molecule has 0 amide bonds. The highest BCUT2D eigenvalue weighted by Crippen LogP contribution is 2.77. The molecule has 0 aromatic carbocycles. The number of carbonyl (C=O) groups excluding carboxylic acids is 3. The van der Waals surface area contributed by atoms with Gasteiger partial charge in [-0.15, -0.1) is 0 Å². The first-order valence-electron chi connectivity index (χ1n) is 16.2. The van der Waals surface area contributed by atoms with Gasteiger partial charge in [0.25, 0.3) is 0 Å². The van der Waals surface area contributed by atoms with Crippen LogP contribution in [0.15, 0.2) is 17.3 Å². The molecule has 0 N–H and O–H groups in total. The normalized spacial score (nSPS) is 46.9. The van der Waals surface area contributed by atoms with E-state index in [4.69, 9.17) is 14.3 Å². The van der Waals surface area contributed by atoms with Crippen molar-refractivity contribution in [3.8, 4) is 0 Å². The van der Waals surface area contributed by atoms with E-state index in [1.165, 1.54) is 19.4 Å². The van der Waals surface area contributed by atoms with E-state index in [0.29, 0.717) is 17.8 Å². The standard InChI is InChI=1S/C35H53NO6/c1-21(2)24-12-17-35(30(39)40-9)19-18-33(7)25(29(24)35)10-11-27-31(5)15-14-28(36-42-23(4)38)32(6,20-41-22(3)37)26(31)13-16-34(27,33)8/h24-27,29H,1,10-20H2,2-9H3/b36-28+/t24-,25?,26+,27?,29?,31-,32-,33+,34+,35-/m0/s1. The van der Waals surface area contributed by atoms with Crippen molar-refractivity contribution in [2.24, 2.45) is 61.8 Å². The Balaban J connectivity index is 1.53. The van der Waals surface area contributed by atoms with Crippen LogP contribution in [0.3, 0.4) is 0 Å². The highest BCUT2D eigenvalue weighted by molar-refractivity contribution is 5.91. The van der Waals surface area contributed by atoms with Gasteiger partial charge in [0, 0.05) is 19.3 Å². The zero-order chi connectivity index (χ0) is 30.9. The highest BCUT2D eigenvalue weighted by atomic mass is 16.7. The molecule has 5 saturated carbocycles. The Bertz CT molecular complexity index is 1190. The summed E-state index contributed by atoms with van der Waals surface area (Å²) in [5, 5.41) is 4.35. The molecule has 0 heterocycles. The quantitative estimate of drug-likeness (QED) is 0.146. The van der Waals surface area contributed by atoms with Crippen LogP contribution in [-0.2, 0) is 28.7 Å². The van der Waals surface area contributed by atoms with Crippen LogP contribution in [-0.4, -0.2) is 37.3 Å². The Morgan fingerprint density at radius 2 is 1.57 bits per heavy atom. The summed E-state index contributed by atoms with van der Waals surface area (Å²) in [6, 6.07) is 0. The van der Waals surface area contributed by atoms with Gasteiger partial charge in [0.2, 0.25) is 0 Å². The fourth-order valence-corrected chi connectivity index (χ4v) is 12.0. The Morgan fingerprint density at radius 1 is 0.857 bits per heavy atom. The third kappa shape index (κ3) is 4.25. The van der Waals surface area contributed by atoms with Crippen molar-refractivity contribution in [3.63, 3.8) is 0 Å². The van der Waals surface area contributed by atoms with Gasteiger partial charge in [0.05, 0.1) is 18.2 Å². The largest absolute Gasteiger partial charge is 0.469 e. The number of nitrogens with zero attached hydrogens (tertiary/aromatic N) is 1. The predicted molar refractivity (Wildman–Crippen MR) is 161 cm³/mol. The minimum Gasteiger partial charge on any atom is -0.469 e. The molecule has 5 rings (SSSR count). The number of ether oxygens (including phenoxy) is 2. The zero-order valence-electron chi connectivity index (χ0n) is 27.3. The van der Waals surface area contributed by atoms with Crippen LogP contribution in [0.2, 0.25) is 0 Å². The van der Waals surface area contributed by atoms with Gasteiger partial charge in [0.1, 0.15) is 6.61 Å². The average Bonchev–Trinajstić information content (AvgIpc) is 3.32. The fourth-order valence-electron chi connectivity index (χ4n) is 12.0. The summed E-state index contributed by atoms with van der Waals surface area (Å²) in [4.78, 5) is 42.4. The second-order valence-electron chi connectivity index (χ2n) is 15.7. The van der Waals surface area contributed by atoms with Gasteiger partial charge in [-0.05, 0) is 117 Å². The van der Waals surface area contributed by atoms with Crippen molar-refractivity contribution < 1.29 is 28.7 Å². The fraction of sp³-hybridized carbons (Fsp3) is 0.829. The Labute approximate surface area is 252 Å². The van der Waals surface area contributed by atoms with Gasteiger partial charge in [-0.3, -0.25) is 9.59 Å². The van der Waals surface area contributed by atoms with E-state index in [1.54, 1.807) is 7.11 Å². The first-order chi connectivity index (χ1) is 19.6. The molecular formula is C35H53NO6. The molecule has 0 saturated heterocycles. The molecule has 5 aliphatic rings. The van der Waals surface area contributed by atoms with E-state index >= 15 is 0 Å². The molecule has 0 bridgehead atoms. The topological polar surface area (TPSA) is 91.3 Å². The maximum absolute atomic E-state index is 13.5. The zero-order valence-corrected chi connectivity index (χ0v) is 27.3. The van der Waals surface area contributed by atoms with Crippen molar-refractivity contribution in [1.82, 2.24) is 0 Å². The van der Waals surface area contributed by atoms with Crippen molar-refractivity contribution in [2.75, 3.05) is 13.7 Å². The molecule has 0 radical (unpaired) electrons. The summed E-state index contributed by atoms with van der Waals surface area (Å²) in [6.07, 6.45) is 9.89. The number of allylic oxidation sites excluding steroid dienone is 1. The van der Waals surface area contributed by atoms with Gasteiger partial charge in [-0.2, -0.15) is 0 Å². The predicted octanol–water partition coefficient (Wildman–Crippen LogP) is 7.28. The third-order valence-corrected chi connectivity index (χ3v) is 14.1. The maximum atomic E-state index is 13.5. The molecule has 3 unspecified atom stereocenters. The number of hydrogen-bond donors (Lipinski definition) is 0. The van der Waals surface area contributed by atoms with Crippen LogP contribution in [0.1, 0.15) is 113 Å². The Hall–Kier alpha value is -2.18. The molecule has 234 valence electrons. The molecule has 0 spiro atoms. The SMILES string of the molecule is C=C(C)[C@@H]1CC[C@]2(C(=O)OC)CC[C@]3(C)C(CCC4[C@@]5(C)CC/C(=N\OC(C)=O)[C@@](C)(COC(C)=O)[C@@H]5CC[C@]43C)C12. The van der Waals surface area contributed by atoms with Crippen LogP contribution >= 0.6 is 0 Å². The first-order valence-corrected chi connectivity index (χ1v) is 16.2. The number of rotatable bonds is 5. The second-order valence-corrected chi connectivity index (χ2v) is 15.7. The average molecular weight is 584 g/mol. The van der Waals surface area contributed by atoms with Crippen LogP contribution in [0.4, 0.5) is 0 Å². The molecule has 7 heteroatoms. The molecular weight excluding hydrogens is 530 g/mol. The van der Waals surface area contributed by atoms with Crippen LogP contribution in [0, 0.1) is 56.7 Å². The molecule has 10 atom stereocenters. The molecule has 42 heavy (non-hydrogen) atoms. The second kappa shape index (κ2) is 10.5. The summed E-state index contributed by atoms with van der Waals surface area (Å²) in [6.45, 7) is 19.4. The minimum atomic E-state index is -0.504. The van der Waals surface area contributed by atoms with Gasteiger partial charge in [0.15, 0.2) is 0 Å². The maximum Gasteiger partial charge on any atom is 0.331 e. The minimum absolute atomic E-state index is 0.00522. The number of oxime groups is 1. The summed E-state index contributed by atoms with van der Waals surface area (Å²) >= 11 is 0. The van der Waals surface area contributed by atoms with Crippen LogP contribution < -0.4 is 0 Å². The van der Waals surface area contributed by atoms with E-state index in [2.05, 4.69) is 46.4 Å². The lowest BCUT2D eigenvalue weighted by Crippen LogP contribution is -2.67. The lowest BCUT2D eigenvalue weighted by Gasteiger charge is -2.72. The first kappa shape index (κ1) is 31.3. The Kier molecular flexibility index (Phi) is 7.79. The molecule has 7 nitrogen and oxygen atoms in total. The van der Waals surface area contributed by atoms with Crippen molar-refractivity contribution >= 4 is 23.6 Å². The van der Waals surface area contributed by atoms with Crippen molar-refractivity contribution in [1.29, 1.82) is 0 Å². The van der Waals surface area contributed by atoms with Gasteiger partial charge < -0.3 is 14.3 Å². The monoisotopic (exact) mass is 583 g/mol. The van der Waals surface area contributed by atoms with Crippen LogP contribution in [0.5, 0.6) is 0 Å². The van der Waals surface area contributed by atoms with Crippen LogP contribution in [0.25, 0.3) is 0 Å². The van der Waals surface area contributed by atoms with E-state index in [1.807, 2.05) is 0 Å². The number of esters is 2. The van der Waals surface area contributed by atoms with Gasteiger partial charge in [-0.25, -0.2) is 4.79 Å². The molecule has 0 aromatic heterocycles. The lowest BCUT2D eigenvalue weighted by atomic mass is 9.32. The number of fused-ring (bicyclic) bond motifs is 7. The molecule has 5 fully saturated rings. The Morgan fingerprint density at radius 3 is 2.19 bits per heavy atom. The number of hydrogen-bond acceptors (Lipinski definition) is 7. The third-order valence-electron chi connectivity index (χ3n) is 14.1. The van der Waals surface area contributed by atoms with E-state index < -0.39 is 11.4 Å². The smallest absolute Gasteiger partial charge is 0.331 e. The summed E-state index contributed by atoms with van der Waals surface area (Å²) < 4.78 is 11.2. The van der Waals surface area contributed by atoms with E-state index in [9.17, 15) is 14.4 Å². The summed E-state index contributed by atoms with van der Waals surface area (Å²) in [5.74, 6) is 1.10. The van der Waals surface area contributed by atoms with Gasteiger partial charge >= 0.3 is 17.9 Å². The van der Waals surface area contributed by atoms with E-state index in [0.717, 1.165) is 69.9 Å². The lowest BCUT2D eigenvalue weighted by molar-refractivity contribution is -0.233. The summed E-state index contributed by atoms with van der Waals surface area (Å²) in [5.41, 5.74) is 1.39. The highest BCUT2D eigenvalue weighted by Gasteiger charge is 2.72. The van der Waals surface area contributed by atoms with Gasteiger partial charge in [-0.1, -0.05) is 45.0 Å². The molecule has 0 aliphatic heterocycles. The summed E-state index contributed by atoms with van der Waals surface area (Å²) in [7, 11) is 1.56. The van der Waals surface area contributed by atoms with Crippen molar-refractivity contribution in [3.05, 3.63) is 12.2 Å². The number of methoxy groups -OCH3 is 1. The van der Waals surface area contributed by atoms with E-state index in [-0.39, 0.29) is 52.0 Å². The molecule has 0 aromatic rings.